The number of rotatable bonds is 6. The highest BCUT2D eigenvalue weighted by Gasteiger charge is 2.16. The number of carboxylic acid groups (broad SMARTS) is 1. The summed E-state index contributed by atoms with van der Waals surface area (Å²) in [6.45, 7) is 2.42. The molecule has 26 heavy (non-hydrogen) atoms. The van der Waals surface area contributed by atoms with Crippen LogP contribution in [0.1, 0.15) is 25.7 Å². The molecule has 0 atom stereocenters. The number of benzene rings is 1. The lowest BCUT2D eigenvalue weighted by Crippen LogP contribution is -2.27. The fraction of sp³-hybridized carbons (Fsp3) is 0.176. The molecule has 0 spiro atoms. The number of carbonyl (C=O) groups is 2. The van der Waals surface area contributed by atoms with Gasteiger partial charge in [-0.15, -0.1) is 11.3 Å². The zero-order valence-corrected chi connectivity index (χ0v) is 14.6. The highest BCUT2D eigenvalue weighted by molar-refractivity contribution is 7.17. The van der Waals surface area contributed by atoms with E-state index in [0.29, 0.717) is 35.0 Å². The van der Waals surface area contributed by atoms with Gasteiger partial charge in [-0.05, 0) is 37.3 Å². The van der Waals surface area contributed by atoms with Gasteiger partial charge in [0.05, 0.1) is 12.2 Å². The van der Waals surface area contributed by atoms with Gasteiger partial charge in [0.25, 0.3) is 5.91 Å². The second-order valence-corrected chi connectivity index (χ2v) is 6.46. The van der Waals surface area contributed by atoms with Gasteiger partial charge >= 0.3 is 5.97 Å². The zero-order valence-electron chi connectivity index (χ0n) is 13.8. The first-order valence-corrected chi connectivity index (χ1v) is 8.54. The summed E-state index contributed by atoms with van der Waals surface area (Å²) in [5, 5.41) is 16.7. The van der Waals surface area contributed by atoms with Crippen molar-refractivity contribution in [3.8, 4) is 10.7 Å². The lowest BCUT2D eigenvalue weighted by Gasteiger charge is -2.05. The Morgan fingerprint density at radius 2 is 2.00 bits per heavy atom. The summed E-state index contributed by atoms with van der Waals surface area (Å²) >= 11 is 1.07. The van der Waals surface area contributed by atoms with E-state index in [9.17, 15) is 14.0 Å². The fourth-order valence-electron chi connectivity index (χ4n) is 2.29. The topological polar surface area (TPSA) is 97.1 Å². The lowest BCUT2D eigenvalue weighted by molar-refractivity contribution is 0.0701. The first-order chi connectivity index (χ1) is 12.4. The number of nitrogens with zero attached hydrogens (tertiary/aromatic N) is 3. The standard InChI is InChI=1S/C17H15FN4O3S/c1-10-14(17(24)25)26-16(20-10)13-6-8-22(21-13)9-7-19-15(23)11-2-4-12(18)5-3-11/h2-6,8H,7,9H2,1H3,(H,19,23)(H,24,25). The second-order valence-electron chi connectivity index (χ2n) is 5.47. The molecule has 0 saturated carbocycles. The van der Waals surface area contributed by atoms with Gasteiger partial charge < -0.3 is 10.4 Å². The Morgan fingerprint density at radius 1 is 1.27 bits per heavy atom. The van der Waals surface area contributed by atoms with E-state index in [1.165, 1.54) is 24.3 Å². The smallest absolute Gasteiger partial charge is 0.347 e. The van der Waals surface area contributed by atoms with Gasteiger partial charge in [-0.2, -0.15) is 5.10 Å². The number of halogens is 1. The lowest BCUT2D eigenvalue weighted by atomic mass is 10.2. The highest BCUT2D eigenvalue weighted by Crippen LogP contribution is 2.26. The number of hydrogen-bond acceptors (Lipinski definition) is 5. The Labute approximate surface area is 152 Å². The first kappa shape index (κ1) is 17.7. The summed E-state index contributed by atoms with van der Waals surface area (Å²) < 4.78 is 14.5. The van der Waals surface area contributed by atoms with Gasteiger partial charge in [-0.25, -0.2) is 14.2 Å². The van der Waals surface area contributed by atoms with Crippen molar-refractivity contribution < 1.29 is 19.1 Å². The molecule has 9 heteroatoms. The van der Waals surface area contributed by atoms with E-state index in [-0.39, 0.29) is 10.8 Å². The van der Waals surface area contributed by atoms with Crippen LogP contribution in [0, 0.1) is 12.7 Å². The van der Waals surface area contributed by atoms with E-state index in [4.69, 9.17) is 5.11 Å². The number of hydrogen-bond donors (Lipinski definition) is 2. The number of amides is 1. The van der Waals surface area contributed by atoms with Crippen LogP contribution in [0.3, 0.4) is 0 Å². The molecule has 2 heterocycles. The molecule has 0 fully saturated rings. The fourth-order valence-corrected chi connectivity index (χ4v) is 3.16. The van der Waals surface area contributed by atoms with Crippen molar-refractivity contribution in [2.24, 2.45) is 0 Å². The van der Waals surface area contributed by atoms with E-state index >= 15 is 0 Å². The minimum absolute atomic E-state index is 0.195. The molecule has 0 aliphatic rings. The summed E-state index contributed by atoms with van der Waals surface area (Å²) in [5.41, 5.74) is 1.42. The quantitative estimate of drug-likeness (QED) is 0.691. The van der Waals surface area contributed by atoms with Crippen LogP contribution in [0.25, 0.3) is 10.7 Å². The maximum atomic E-state index is 12.9. The zero-order chi connectivity index (χ0) is 18.7. The maximum absolute atomic E-state index is 12.9. The van der Waals surface area contributed by atoms with Crippen molar-refractivity contribution in [3.63, 3.8) is 0 Å². The Bertz CT molecular complexity index is 949. The van der Waals surface area contributed by atoms with E-state index in [0.717, 1.165) is 11.3 Å². The van der Waals surface area contributed by atoms with Gasteiger partial charge in [0.2, 0.25) is 0 Å². The Morgan fingerprint density at radius 3 is 2.65 bits per heavy atom. The summed E-state index contributed by atoms with van der Waals surface area (Å²) in [4.78, 5) is 27.5. The summed E-state index contributed by atoms with van der Waals surface area (Å²) in [5.74, 6) is -1.69. The highest BCUT2D eigenvalue weighted by atomic mass is 32.1. The summed E-state index contributed by atoms with van der Waals surface area (Å²) in [7, 11) is 0. The third kappa shape index (κ3) is 3.94. The van der Waals surface area contributed by atoms with Crippen LogP contribution in [0.5, 0.6) is 0 Å². The van der Waals surface area contributed by atoms with Crippen LogP contribution in [0.15, 0.2) is 36.5 Å². The SMILES string of the molecule is Cc1nc(-c2ccn(CCNC(=O)c3ccc(F)cc3)n2)sc1C(=O)O. The number of thiazole rings is 1. The molecule has 0 aliphatic carbocycles. The number of aromatic carboxylic acids is 1. The molecular weight excluding hydrogens is 359 g/mol. The van der Waals surface area contributed by atoms with Crippen LogP contribution in [0.4, 0.5) is 4.39 Å². The van der Waals surface area contributed by atoms with Crippen LogP contribution < -0.4 is 5.32 Å². The van der Waals surface area contributed by atoms with Gasteiger partial charge in [0, 0.05) is 18.3 Å². The molecule has 0 bridgehead atoms. The van der Waals surface area contributed by atoms with E-state index in [1.54, 1.807) is 23.9 Å². The predicted octanol–water partition coefficient (Wildman–Crippen LogP) is 2.58. The molecule has 0 saturated heterocycles. The number of carbonyl (C=O) groups excluding carboxylic acids is 1. The van der Waals surface area contributed by atoms with Crippen LogP contribution >= 0.6 is 11.3 Å². The average molecular weight is 374 g/mol. The second kappa shape index (κ2) is 7.44. The number of carboxylic acids is 1. The number of aromatic nitrogens is 3. The molecule has 1 amide bonds. The molecule has 0 radical (unpaired) electrons. The Kier molecular flexibility index (Phi) is 5.08. The molecular formula is C17H15FN4O3S. The molecule has 0 unspecified atom stereocenters. The third-order valence-corrected chi connectivity index (χ3v) is 4.75. The average Bonchev–Trinajstić information content (AvgIpc) is 3.22. The van der Waals surface area contributed by atoms with Crippen LogP contribution in [-0.4, -0.2) is 38.3 Å². The number of aryl methyl sites for hydroxylation is 1. The molecule has 3 rings (SSSR count). The molecule has 2 aromatic heterocycles. The molecule has 3 aromatic rings. The van der Waals surface area contributed by atoms with Crippen LogP contribution in [0.2, 0.25) is 0 Å². The molecule has 7 nitrogen and oxygen atoms in total. The third-order valence-electron chi connectivity index (χ3n) is 3.58. The minimum Gasteiger partial charge on any atom is -0.477 e. The summed E-state index contributed by atoms with van der Waals surface area (Å²) in [6.07, 6.45) is 1.73. The number of nitrogens with one attached hydrogen (secondary N) is 1. The monoisotopic (exact) mass is 374 g/mol. The van der Waals surface area contributed by atoms with Gasteiger partial charge in [-0.1, -0.05) is 0 Å². The molecule has 1 aromatic carbocycles. The van der Waals surface area contributed by atoms with E-state index < -0.39 is 11.8 Å². The van der Waals surface area contributed by atoms with Crippen molar-refractivity contribution in [1.29, 1.82) is 0 Å². The maximum Gasteiger partial charge on any atom is 0.347 e. The minimum atomic E-state index is -1.01. The first-order valence-electron chi connectivity index (χ1n) is 7.72. The van der Waals surface area contributed by atoms with Crippen molar-refractivity contribution in [2.75, 3.05) is 6.54 Å². The normalized spacial score (nSPS) is 10.7. The van der Waals surface area contributed by atoms with Crippen molar-refractivity contribution in [2.45, 2.75) is 13.5 Å². The molecule has 134 valence electrons. The van der Waals surface area contributed by atoms with Gasteiger partial charge in [0.1, 0.15) is 21.4 Å². The van der Waals surface area contributed by atoms with Crippen molar-refractivity contribution in [3.05, 3.63) is 58.5 Å². The van der Waals surface area contributed by atoms with Crippen molar-refractivity contribution >= 4 is 23.2 Å². The predicted molar refractivity (Wildman–Crippen MR) is 93.8 cm³/mol. The van der Waals surface area contributed by atoms with Gasteiger partial charge in [0.15, 0.2) is 0 Å². The van der Waals surface area contributed by atoms with Gasteiger partial charge in [-0.3, -0.25) is 9.48 Å². The van der Waals surface area contributed by atoms with E-state index in [2.05, 4.69) is 15.4 Å². The molecule has 0 aliphatic heterocycles. The van der Waals surface area contributed by atoms with Crippen molar-refractivity contribution in [1.82, 2.24) is 20.1 Å². The van der Waals surface area contributed by atoms with E-state index in [1.807, 2.05) is 0 Å². The molecule has 2 N–H and O–H groups in total. The Hall–Kier alpha value is -3.07. The summed E-state index contributed by atoms with van der Waals surface area (Å²) in [6, 6.07) is 7.04. The largest absolute Gasteiger partial charge is 0.477 e. The Balaban J connectivity index is 1.59. The van der Waals surface area contributed by atoms with Crippen LogP contribution in [-0.2, 0) is 6.54 Å².